The summed E-state index contributed by atoms with van der Waals surface area (Å²) in [6, 6.07) is 13.7. The highest BCUT2D eigenvalue weighted by Gasteiger charge is 2.05. The summed E-state index contributed by atoms with van der Waals surface area (Å²) < 4.78 is 13.0. The van der Waals surface area contributed by atoms with Gasteiger partial charge < -0.3 is 4.90 Å². The fourth-order valence-electron chi connectivity index (χ4n) is 1.48. The molecule has 0 aliphatic carbocycles. The van der Waals surface area contributed by atoms with Crippen molar-refractivity contribution in [1.82, 2.24) is 4.98 Å². The lowest BCUT2D eigenvalue weighted by Crippen LogP contribution is -2.11. The van der Waals surface area contributed by atoms with Gasteiger partial charge in [0.15, 0.2) is 0 Å². The highest BCUT2D eigenvalue weighted by Crippen LogP contribution is 2.21. The normalized spacial score (nSPS) is 9.71. The minimum atomic E-state index is -0.511. The fourth-order valence-corrected chi connectivity index (χ4v) is 1.48. The third-order valence-corrected chi connectivity index (χ3v) is 2.43. The van der Waals surface area contributed by atoms with E-state index in [1.165, 1.54) is 6.07 Å². The van der Waals surface area contributed by atoms with E-state index >= 15 is 0 Å². The van der Waals surface area contributed by atoms with Gasteiger partial charge in [-0.25, -0.2) is 4.98 Å². The van der Waals surface area contributed by atoms with E-state index in [4.69, 9.17) is 5.26 Å². The summed E-state index contributed by atoms with van der Waals surface area (Å²) in [4.78, 5) is 5.54. The smallest absolute Gasteiger partial charge is 0.214 e. The first-order valence-electron chi connectivity index (χ1n) is 5.07. The van der Waals surface area contributed by atoms with Crippen LogP contribution in [0.2, 0.25) is 0 Å². The first-order chi connectivity index (χ1) is 8.20. The Bertz CT molecular complexity index is 558. The summed E-state index contributed by atoms with van der Waals surface area (Å²) in [5.74, 6) is 0.0118. The van der Waals surface area contributed by atoms with Crippen LogP contribution in [0.5, 0.6) is 0 Å². The van der Waals surface area contributed by atoms with E-state index in [0.717, 1.165) is 5.69 Å². The molecule has 0 saturated carbocycles. The zero-order valence-electron chi connectivity index (χ0n) is 9.26. The van der Waals surface area contributed by atoms with Gasteiger partial charge in [-0.05, 0) is 36.4 Å². The quantitative estimate of drug-likeness (QED) is 0.740. The number of aromatic nitrogens is 1. The van der Waals surface area contributed by atoms with E-state index in [9.17, 15) is 4.39 Å². The number of hydrogen-bond donors (Lipinski definition) is 0. The molecule has 0 saturated heterocycles. The van der Waals surface area contributed by atoms with Crippen molar-refractivity contribution in [2.45, 2.75) is 0 Å². The first kappa shape index (κ1) is 11.1. The molecule has 0 amide bonds. The second kappa shape index (κ2) is 4.62. The van der Waals surface area contributed by atoms with Crippen LogP contribution < -0.4 is 4.90 Å². The van der Waals surface area contributed by atoms with Gasteiger partial charge >= 0.3 is 0 Å². The molecule has 84 valence electrons. The molecule has 4 heteroatoms. The summed E-state index contributed by atoms with van der Waals surface area (Å²) in [6.45, 7) is 0. The second-order valence-electron chi connectivity index (χ2n) is 3.54. The Labute approximate surface area is 98.8 Å². The lowest BCUT2D eigenvalue weighted by molar-refractivity contribution is 0.584. The van der Waals surface area contributed by atoms with E-state index < -0.39 is 5.95 Å². The molecule has 0 aliphatic heterocycles. The van der Waals surface area contributed by atoms with E-state index in [2.05, 4.69) is 4.98 Å². The molecule has 1 heterocycles. The predicted octanol–water partition coefficient (Wildman–Crippen LogP) is 2.86. The van der Waals surface area contributed by atoms with Gasteiger partial charge in [-0.2, -0.15) is 9.65 Å². The van der Waals surface area contributed by atoms with Crippen LogP contribution >= 0.6 is 0 Å². The summed E-state index contributed by atoms with van der Waals surface area (Å²) in [6.07, 6.45) is 0. The molecule has 3 nitrogen and oxygen atoms in total. The van der Waals surface area contributed by atoms with Crippen molar-refractivity contribution in [3.63, 3.8) is 0 Å². The topological polar surface area (TPSA) is 39.9 Å². The minimum Gasteiger partial charge on any atom is -0.329 e. The van der Waals surface area contributed by atoms with Crippen LogP contribution in [-0.2, 0) is 0 Å². The molecular formula is C13H10FN3. The van der Waals surface area contributed by atoms with Crippen molar-refractivity contribution >= 4 is 11.5 Å². The van der Waals surface area contributed by atoms with Crippen molar-refractivity contribution in [1.29, 1.82) is 5.26 Å². The van der Waals surface area contributed by atoms with Gasteiger partial charge in [0.2, 0.25) is 5.95 Å². The van der Waals surface area contributed by atoms with Crippen molar-refractivity contribution in [2.75, 3.05) is 11.9 Å². The molecule has 0 bridgehead atoms. The van der Waals surface area contributed by atoms with Crippen LogP contribution in [0.15, 0.2) is 42.5 Å². The lowest BCUT2D eigenvalue weighted by atomic mass is 10.2. The van der Waals surface area contributed by atoms with E-state index in [-0.39, 0.29) is 0 Å². The molecule has 1 aromatic heterocycles. The number of nitriles is 1. The van der Waals surface area contributed by atoms with Gasteiger partial charge in [-0.1, -0.05) is 6.07 Å². The van der Waals surface area contributed by atoms with Gasteiger partial charge in [0.1, 0.15) is 5.82 Å². The Hall–Kier alpha value is -2.41. The highest BCUT2D eigenvalue weighted by molar-refractivity contribution is 5.59. The lowest BCUT2D eigenvalue weighted by Gasteiger charge is -2.18. The number of halogens is 1. The number of hydrogen-bond acceptors (Lipinski definition) is 3. The van der Waals surface area contributed by atoms with Crippen molar-refractivity contribution < 1.29 is 4.39 Å². The Morgan fingerprint density at radius 3 is 2.47 bits per heavy atom. The Morgan fingerprint density at radius 2 is 1.88 bits per heavy atom. The van der Waals surface area contributed by atoms with Crippen LogP contribution in [0.1, 0.15) is 5.56 Å². The molecule has 0 aliphatic rings. The molecule has 0 spiro atoms. The molecular weight excluding hydrogens is 217 g/mol. The van der Waals surface area contributed by atoms with Gasteiger partial charge in [0.05, 0.1) is 11.6 Å². The van der Waals surface area contributed by atoms with Crippen LogP contribution in [0, 0.1) is 17.3 Å². The molecule has 2 rings (SSSR count). The van der Waals surface area contributed by atoms with Crippen molar-refractivity contribution in [3.8, 4) is 6.07 Å². The van der Waals surface area contributed by atoms with Crippen molar-refractivity contribution in [3.05, 3.63) is 54.0 Å². The molecule has 17 heavy (non-hydrogen) atoms. The molecule has 0 N–H and O–H groups in total. The minimum absolute atomic E-state index is 0.511. The molecule has 0 fully saturated rings. The van der Waals surface area contributed by atoms with E-state index in [1.54, 1.807) is 48.3 Å². The highest BCUT2D eigenvalue weighted by atomic mass is 19.1. The zero-order valence-corrected chi connectivity index (χ0v) is 9.26. The Morgan fingerprint density at radius 1 is 1.18 bits per heavy atom. The van der Waals surface area contributed by atoms with E-state index in [1.807, 2.05) is 6.07 Å². The summed E-state index contributed by atoms with van der Waals surface area (Å²) in [5.41, 5.74) is 1.44. The third-order valence-electron chi connectivity index (χ3n) is 2.43. The van der Waals surface area contributed by atoms with E-state index in [0.29, 0.717) is 11.4 Å². The summed E-state index contributed by atoms with van der Waals surface area (Å²) in [7, 11) is 1.79. The Kier molecular flexibility index (Phi) is 3.01. The first-order valence-corrected chi connectivity index (χ1v) is 5.07. The average molecular weight is 227 g/mol. The van der Waals surface area contributed by atoms with Gasteiger partial charge in [-0.3, -0.25) is 0 Å². The standard InChI is InChI=1S/C13H10FN3/c1-17(13-4-2-3-12(14)16-13)11-7-5-10(9-15)6-8-11/h2-8H,1H3. The second-order valence-corrected chi connectivity index (χ2v) is 3.54. The number of pyridine rings is 1. The zero-order chi connectivity index (χ0) is 12.3. The third kappa shape index (κ3) is 2.40. The number of rotatable bonds is 2. The fraction of sp³-hybridized carbons (Fsp3) is 0.0769. The van der Waals surface area contributed by atoms with Gasteiger partial charge in [0, 0.05) is 12.7 Å². The number of nitrogens with zero attached hydrogens (tertiary/aromatic N) is 3. The maximum absolute atomic E-state index is 13.0. The predicted molar refractivity (Wildman–Crippen MR) is 63.4 cm³/mol. The van der Waals surface area contributed by atoms with Crippen LogP contribution in [0.3, 0.4) is 0 Å². The van der Waals surface area contributed by atoms with Gasteiger partial charge in [-0.15, -0.1) is 0 Å². The number of benzene rings is 1. The maximum atomic E-state index is 13.0. The number of anilines is 2. The van der Waals surface area contributed by atoms with Crippen molar-refractivity contribution in [2.24, 2.45) is 0 Å². The van der Waals surface area contributed by atoms with Crippen LogP contribution in [0.25, 0.3) is 0 Å². The molecule has 2 aromatic rings. The molecule has 0 unspecified atom stereocenters. The van der Waals surface area contributed by atoms with Crippen LogP contribution in [0.4, 0.5) is 15.9 Å². The summed E-state index contributed by atoms with van der Waals surface area (Å²) in [5, 5.41) is 8.69. The molecule has 0 radical (unpaired) electrons. The summed E-state index contributed by atoms with van der Waals surface area (Å²) >= 11 is 0. The Balaban J connectivity index is 2.30. The molecule has 0 atom stereocenters. The van der Waals surface area contributed by atoms with Crippen LogP contribution in [-0.4, -0.2) is 12.0 Å². The largest absolute Gasteiger partial charge is 0.329 e. The molecule has 1 aromatic carbocycles. The average Bonchev–Trinajstić information content (AvgIpc) is 2.38. The van der Waals surface area contributed by atoms with Gasteiger partial charge in [0.25, 0.3) is 0 Å². The monoisotopic (exact) mass is 227 g/mol. The SMILES string of the molecule is CN(c1ccc(C#N)cc1)c1cccc(F)n1. The maximum Gasteiger partial charge on any atom is 0.214 e.